The number of hydrogen-bond donors (Lipinski definition) is 0. The van der Waals surface area contributed by atoms with Crippen LogP contribution in [0.2, 0.25) is 5.02 Å². The lowest BCUT2D eigenvalue weighted by atomic mass is 10.1. The number of Topliss-reactive ketones (excluding diaryl/α,β-unsaturated/α-hetero) is 1. The number of rotatable bonds is 9. The fourth-order valence-electron chi connectivity index (χ4n) is 3.16. The van der Waals surface area contributed by atoms with Gasteiger partial charge in [-0.05, 0) is 30.3 Å². The number of carbonyl (C=O) groups is 1. The summed E-state index contributed by atoms with van der Waals surface area (Å²) in [5.74, 6) is 1.26. The number of non-ortho nitro benzene ring substituents is 1. The first kappa shape index (κ1) is 23.0. The standard InChI is InChI=1S/C22H17ClN4O4S2/c1-3-10-26-21(20-19(23)16-9-8-15(31-2)11-18(16)33-20)24-25-22(26)32-12-17(28)13-4-6-14(7-5-13)27(29)30/h3-9,11H,1,10,12H2,2H3. The first-order valence-electron chi connectivity index (χ1n) is 9.64. The maximum Gasteiger partial charge on any atom is 0.269 e. The normalized spacial score (nSPS) is 11.0. The highest BCUT2D eigenvalue weighted by Gasteiger charge is 2.21. The highest BCUT2D eigenvalue weighted by atomic mass is 35.5. The van der Waals surface area contributed by atoms with Gasteiger partial charge in [-0.1, -0.05) is 29.4 Å². The summed E-state index contributed by atoms with van der Waals surface area (Å²) in [6, 6.07) is 11.2. The zero-order valence-electron chi connectivity index (χ0n) is 17.4. The van der Waals surface area contributed by atoms with Crippen molar-refractivity contribution in [3.63, 3.8) is 0 Å². The molecule has 11 heteroatoms. The molecule has 8 nitrogen and oxygen atoms in total. The monoisotopic (exact) mass is 500 g/mol. The van der Waals surface area contributed by atoms with Crippen LogP contribution in [-0.4, -0.2) is 38.3 Å². The largest absolute Gasteiger partial charge is 0.497 e. The Balaban J connectivity index is 1.60. The van der Waals surface area contributed by atoms with Crippen LogP contribution in [0.15, 0.2) is 60.3 Å². The predicted molar refractivity (Wildman–Crippen MR) is 131 cm³/mol. The number of benzene rings is 2. The van der Waals surface area contributed by atoms with Crippen LogP contribution in [0.25, 0.3) is 20.8 Å². The lowest BCUT2D eigenvalue weighted by Crippen LogP contribution is -2.05. The summed E-state index contributed by atoms with van der Waals surface area (Å²) in [7, 11) is 1.61. The molecule has 0 N–H and O–H groups in total. The Bertz CT molecular complexity index is 1360. The van der Waals surface area contributed by atoms with Crippen LogP contribution >= 0.6 is 34.7 Å². The summed E-state index contributed by atoms with van der Waals surface area (Å²) >= 11 is 9.38. The van der Waals surface area contributed by atoms with E-state index in [1.54, 1.807) is 13.2 Å². The third-order valence-corrected chi connectivity index (χ3v) is 7.42. The van der Waals surface area contributed by atoms with Gasteiger partial charge in [0.25, 0.3) is 5.69 Å². The molecule has 4 aromatic rings. The molecular weight excluding hydrogens is 484 g/mol. The summed E-state index contributed by atoms with van der Waals surface area (Å²) in [5.41, 5.74) is 0.331. The predicted octanol–water partition coefficient (Wildman–Crippen LogP) is 5.89. The number of hydrogen-bond acceptors (Lipinski definition) is 8. The quantitative estimate of drug-likeness (QED) is 0.0928. The number of fused-ring (bicyclic) bond motifs is 1. The SMILES string of the molecule is C=CCn1c(SCC(=O)c2ccc([N+](=O)[O-])cc2)nnc1-c1sc2cc(OC)ccc2c1Cl. The second-order valence-electron chi connectivity index (χ2n) is 6.83. The first-order valence-corrected chi connectivity index (χ1v) is 11.8. The number of nitrogens with zero attached hydrogens (tertiary/aromatic N) is 4. The Morgan fingerprint density at radius 1 is 1.30 bits per heavy atom. The Kier molecular flexibility index (Phi) is 6.77. The Morgan fingerprint density at radius 2 is 2.06 bits per heavy atom. The fraction of sp³-hybridized carbons (Fsp3) is 0.136. The number of aromatic nitrogens is 3. The molecule has 0 bridgehead atoms. The molecule has 0 radical (unpaired) electrons. The summed E-state index contributed by atoms with van der Waals surface area (Å²) in [4.78, 5) is 23.6. The molecule has 0 aliphatic heterocycles. The van der Waals surface area contributed by atoms with Gasteiger partial charge >= 0.3 is 0 Å². The number of nitro groups is 1. The number of nitro benzene ring substituents is 1. The topological polar surface area (TPSA) is 100 Å². The number of allylic oxidation sites excluding steroid dienone is 1. The minimum absolute atomic E-state index is 0.0626. The minimum Gasteiger partial charge on any atom is -0.497 e. The van der Waals surface area contributed by atoms with E-state index in [-0.39, 0.29) is 17.2 Å². The second-order valence-corrected chi connectivity index (χ2v) is 9.20. The number of ether oxygens (including phenoxy) is 1. The van der Waals surface area contributed by atoms with Crippen molar-refractivity contribution in [2.45, 2.75) is 11.7 Å². The van der Waals surface area contributed by atoms with Crippen molar-refractivity contribution in [2.75, 3.05) is 12.9 Å². The van der Waals surface area contributed by atoms with Crippen LogP contribution < -0.4 is 4.74 Å². The highest BCUT2D eigenvalue weighted by molar-refractivity contribution is 7.99. The summed E-state index contributed by atoms with van der Waals surface area (Å²) in [6.45, 7) is 4.25. The Labute approximate surface area is 202 Å². The van der Waals surface area contributed by atoms with Crippen molar-refractivity contribution >= 4 is 56.3 Å². The van der Waals surface area contributed by atoms with E-state index in [0.717, 1.165) is 20.7 Å². The van der Waals surface area contributed by atoms with E-state index >= 15 is 0 Å². The Hall–Kier alpha value is -3.21. The molecule has 33 heavy (non-hydrogen) atoms. The average molecular weight is 501 g/mol. The van der Waals surface area contributed by atoms with Crippen molar-refractivity contribution < 1.29 is 14.5 Å². The molecule has 0 unspecified atom stereocenters. The summed E-state index contributed by atoms with van der Waals surface area (Å²) in [6.07, 6.45) is 1.72. The zero-order valence-corrected chi connectivity index (χ0v) is 19.7. The van der Waals surface area contributed by atoms with Gasteiger partial charge in [-0.15, -0.1) is 28.1 Å². The molecule has 0 fully saturated rings. The van der Waals surface area contributed by atoms with E-state index < -0.39 is 4.92 Å². The molecule has 2 heterocycles. The van der Waals surface area contributed by atoms with Gasteiger partial charge in [-0.25, -0.2) is 0 Å². The van der Waals surface area contributed by atoms with Gasteiger partial charge in [0.2, 0.25) is 0 Å². The van der Waals surface area contributed by atoms with Gasteiger partial charge in [-0.3, -0.25) is 19.5 Å². The van der Waals surface area contributed by atoms with Gasteiger partial charge in [0, 0.05) is 34.3 Å². The van der Waals surface area contributed by atoms with Gasteiger partial charge < -0.3 is 4.74 Å². The third-order valence-electron chi connectivity index (χ3n) is 4.80. The van der Waals surface area contributed by atoms with Gasteiger partial charge in [0.1, 0.15) is 5.75 Å². The number of carbonyl (C=O) groups excluding carboxylic acids is 1. The van der Waals surface area contributed by atoms with E-state index in [4.69, 9.17) is 16.3 Å². The number of thioether (sulfide) groups is 1. The van der Waals surface area contributed by atoms with Crippen LogP contribution in [0, 0.1) is 10.1 Å². The highest BCUT2D eigenvalue weighted by Crippen LogP contribution is 2.43. The number of thiophene rings is 1. The van der Waals surface area contributed by atoms with Crippen molar-refractivity contribution in [1.29, 1.82) is 0 Å². The number of halogens is 1. The molecule has 168 valence electrons. The molecule has 2 aromatic carbocycles. The van der Waals surface area contributed by atoms with Crippen LogP contribution in [0.1, 0.15) is 10.4 Å². The molecule has 0 saturated heterocycles. The summed E-state index contributed by atoms with van der Waals surface area (Å²) < 4.78 is 8.12. The number of ketones is 1. The van der Waals surface area contributed by atoms with Crippen LogP contribution in [0.5, 0.6) is 5.75 Å². The molecular formula is C22H17ClN4O4S2. The fourth-order valence-corrected chi connectivity index (χ4v) is 5.54. The van der Waals surface area contributed by atoms with Crippen molar-refractivity contribution in [1.82, 2.24) is 14.8 Å². The molecule has 0 spiro atoms. The smallest absolute Gasteiger partial charge is 0.269 e. The van der Waals surface area contributed by atoms with Gasteiger partial charge in [0.05, 0.1) is 27.7 Å². The third kappa shape index (κ3) is 4.63. The molecule has 2 aromatic heterocycles. The Morgan fingerprint density at radius 3 is 2.73 bits per heavy atom. The molecule has 0 saturated carbocycles. The molecule has 0 aliphatic carbocycles. The maximum absolute atomic E-state index is 12.6. The molecule has 0 aliphatic rings. The van der Waals surface area contributed by atoms with Gasteiger partial charge in [-0.2, -0.15) is 0 Å². The van der Waals surface area contributed by atoms with E-state index in [0.29, 0.717) is 28.1 Å². The molecule has 0 amide bonds. The second kappa shape index (κ2) is 9.74. The first-order chi connectivity index (χ1) is 15.9. The average Bonchev–Trinajstić information content (AvgIpc) is 3.37. The van der Waals surface area contributed by atoms with E-state index in [1.165, 1.54) is 47.4 Å². The maximum atomic E-state index is 12.6. The van der Waals surface area contributed by atoms with Crippen molar-refractivity contribution in [3.05, 3.63) is 75.8 Å². The molecule has 0 atom stereocenters. The van der Waals surface area contributed by atoms with Gasteiger partial charge in [0.15, 0.2) is 16.8 Å². The van der Waals surface area contributed by atoms with Crippen molar-refractivity contribution in [3.8, 4) is 16.5 Å². The van der Waals surface area contributed by atoms with Crippen LogP contribution in [0.4, 0.5) is 5.69 Å². The van der Waals surface area contributed by atoms with Crippen LogP contribution in [-0.2, 0) is 6.54 Å². The van der Waals surface area contributed by atoms with Crippen LogP contribution in [0.3, 0.4) is 0 Å². The van der Waals surface area contributed by atoms with E-state index in [2.05, 4.69) is 16.8 Å². The van der Waals surface area contributed by atoms with Crippen molar-refractivity contribution in [2.24, 2.45) is 0 Å². The molecule has 4 rings (SSSR count). The van der Waals surface area contributed by atoms with E-state index in [1.807, 2.05) is 22.8 Å². The number of methoxy groups -OCH3 is 1. The lowest BCUT2D eigenvalue weighted by molar-refractivity contribution is -0.384. The van der Waals surface area contributed by atoms with E-state index in [9.17, 15) is 14.9 Å². The zero-order chi connectivity index (χ0) is 23.5. The summed E-state index contributed by atoms with van der Waals surface area (Å²) in [5, 5.41) is 21.4. The minimum atomic E-state index is -0.502. The lowest BCUT2D eigenvalue weighted by Gasteiger charge is -2.07.